The molecule has 2 aliphatic rings. The lowest BCUT2D eigenvalue weighted by molar-refractivity contribution is 0.640. The Balaban J connectivity index is 2.18. The highest BCUT2D eigenvalue weighted by Gasteiger charge is 2.29. The molecule has 2 aliphatic carbocycles. The van der Waals surface area contributed by atoms with E-state index in [-0.39, 0.29) is 0 Å². The average molecular weight is 220 g/mol. The van der Waals surface area contributed by atoms with Crippen LogP contribution in [0.15, 0.2) is 22.8 Å². The summed E-state index contributed by atoms with van der Waals surface area (Å²) in [7, 11) is -0.907. The molecule has 0 fully saturated rings. The number of hydrogen-bond acceptors (Lipinski definition) is 0. The van der Waals surface area contributed by atoms with Gasteiger partial charge in [-0.3, -0.25) is 0 Å². The lowest BCUT2D eigenvalue weighted by Gasteiger charge is -2.25. The van der Waals surface area contributed by atoms with Crippen molar-refractivity contribution in [2.24, 2.45) is 5.92 Å². The van der Waals surface area contributed by atoms with Gasteiger partial charge in [0.25, 0.3) is 0 Å². The van der Waals surface area contributed by atoms with Crippen molar-refractivity contribution in [3.63, 3.8) is 0 Å². The Bertz CT molecular complexity index is 315. The summed E-state index contributed by atoms with van der Waals surface area (Å²) in [4.78, 5) is 0. The zero-order valence-electron chi connectivity index (χ0n) is 10.7. The maximum absolute atomic E-state index is 2.56. The maximum atomic E-state index is 2.56. The SMILES string of the molecule is CC1=CC(C[Si](C)(C)C)C2=C1CCCC2. The van der Waals surface area contributed by atoms with Gasteiger partial charge in [-0.15, -0.1) is 0 Å². The van der Waals surface area contributed by atoms with E-state index in [4.69, 9.17) is 0 Å². The van der Waals surface area contributed by atoms with Crippen LogP contribution in [0.3, 0.4) is 0 Å². The van der Waals surface area contributed by atoms with Crippen molar-refractivity contribution in [3.05, 3.63) is 22.8 Å². The molecule has 0 N–H and O–H groups in total. The van der Waals surface area contributed by atoms with Gasteiger partial charge in [-0.05, 0) is 50.1 Å². The molecule has 84 valence electrons. The summed E-state index contributed by atoms with van der Waals surface area (Å²) in [6, 6.07) is 1.46. The van der Waals surface area contributed by atoms with Crippen LogP contribution < -0.4 is 0 Å². The largest absolute Gasteiger partial charge is 0.0744 e. The van der Waals surface area contributed by atoms with Crippen LogP contribution in [0.25, 0.3) is 0 Å². The predicted molar refractivity (Wildman–Crippen MR) is 70.9 cm³/mol. The Labute approximate surface area is 95.5 Å². The van der Waals surface area contributed by atoms with Crippen molar-refractivity contribution < 1.29 is 0 Å². The van der Waals surface area contributed by atoms with E-state index in [0.29, 0.717) is 0 Å². The topological polar surface area (TPSA) is 0 Å². The molecule has 0 bridgehead atoms. The molecule has 0 saturated heterocycles. The summed E-state index contributed by atoms with van der Waals surface area (Å²) in [6.45, 7) is 9.82. The fourth-order valence-electron chi connectivity index (χ4n) is 3.13. The molecule has 0 radical (unpaired) electrons. The molecule has 0 saturated carbocycles. The first-order valence-electron chi connectivity index (χ1n) is 6.38. The Morgan fingerprint density at radius 2 is 1.87 bits per heavy atom. The zero-order chi connectivity index (χ0) is 11.1. The molecule has 1 atom stereocenters. The molecule has 15 heavy (non-hydrogen) atoms. The van der Waals surface area contributed by atoms with Gasteiger partial charge in [-0.25, -0.2) is 0 Å². The standard InChI is InChI=1S/C14H24Si/c1-11-9-12(10-15(2,3)4)14-8-6-5-7-13(11)14/h9,12H,5-8,10H2,1-4H3. The third-order valence-corrected chi connectivity index (χ3v) is 5.38. The third-order valence-electron chi connectivity index (χ3n) is 3.72. The quantitative estimate of drug-likeness (QED) is 0.588. The van der Waals surface area contributed by atoms with E-state index in [0.717, 1.165) is 5.92 Å². The third kappa shape index (κ3) is 2.44. The second kappa shape index (κ2) is 3.93. The van der Waals surface area contributed by atoms with Gasteiger partial charge in [0.1, 0.15) is 0 Å². The number of rotatable bonds is 2. The first-order chi connectivity index (χ1) is 6.97. The van der Waals surface area contributed by atoms with Crippen molar-refractivity contribution in [3.8, 4) is 0 Å². The van der Waals surface area contributed by atoms with Crippen molar-refractivity contribution in [1.82, 2.24) is 0 Å². The van der Waals surface area contributed by atoms with Crippen LogP contribution in [0, 0.1) is 5.92 Å². The highest BCUT2D eigenvalue weighted by molar-refractivity contribution is 6.76. The van der Waals surface area contributed by atoms with Crippen LogP contribution in [0.5, 0.6) is 0 Å². The van der Waals surface area contributed by atoms with E-state index in [1.54, 1.807) is 11.1 Å². The molecular formula is C14H24Si. The van der Waals surface area contributed by atoms with Crippen LogP contribution >= 0.6 is 0 Å². The minimum atomic E-state index is -0.907. The van der Waals surface area contributed by atoms with Gasteiger partial charge in [0.05, 0.1) is 0 Å². The summed E-state index contributed by atoms with van der Waals surface area (Å²) in [5.41, 5.74) is 5.17. The summed E-state index contributed by atoms with van der Waals surface area (Å²) in [5, 5.41) is 0. The number of allylic oxidation sites excluding steroid dienone is 4. The van der Waals surface area contributed by atoms with Gasteiger partial charge in [0, 0.05) is 8.07 Å². The monoisotopic (exact) mass is 220 g/mol. The van der Waals surface area contributed by atoms with Gasteiger partial charge < -0.3 is 0 Å². The highest BCUT2D eigenvalue weighted by atomic mass is 28.3. The van der Waals surface area contributed by atoms with Crippen molar-refractivity contribution >= 4 is 8.07 Å². The summed E-state index contributed by atoms with van der Waals surface area (Å²) < 4.78 is 0. The van der Waals surface area contributed by atoms with E-state index in [1.807, 2.05) is 5.57 Å². The predicted octanol–water partition coefficient (Wildman–Crippen LogP) is 4.77. The molecule has 0 aliphatic heterocycles. The van der Waals surface area contributed by atoms with Crippen molar-refractivity contribution in [2.75, 3.05) is 0 Å². The molecule has 0 spiro atoms. The molecule has 0 amide bonds. The summed E-state index contributed by atoms with van der Waals surface area (Å²) in [5.74, 6) is 0.826. The van der Waals surface area contributed by atoms with Crippen LogP contribution in [-0.4, -0.2) is 8.07 Å². The average Bonchev–Trinajstić information content (AvgIpc) is 2.42. The molecule has 0 heterocycles. The first-order valence-corrected chi connectivity index (χ1v) is 10.1. The smallest absolute Gasteiger partial charge is 0.0451 e. The molecule has 0 aromatic carbocycles. The highest BCUT2D eigenvalue weighted by Crippen LogP contribution is 2.43. The van der Waals surface area contributed by atoms with E-state index in [2.05, 4.69) is 32.6 Å². The van der Waals surface area contributed by atoms with Crippen LogP contribution in [0.2, 0.25) is 25.7 Å². The second-order valence-electron chi connectivity index (χ2n) is 6.43. The van der Waals surface area contributed by atoms with Crippen LogP contribution in [0.4, 0.5) is 0 Å². The minimum Gasteiger partial charge on any atom is -0.0744 e. The van der Waals surface area contributed by atoms with Gasteiger partial charge >= 0.3 is 0 Å². The zero-order valence-corrected chi connectivity index (χ0v) is 11.7. The normalized spacial score (nSPS) is 26.7. The summed E-state index contributed by atoms with van der Waals surface area (Å²) >= 11 is 0. The minimum absolute atomic E-state index is 0.826. The molecule has 1 heteroatoms. The van der Waals surface area contributed by atoms with E-state index in [1.165, 1.54) is 31.7 Å². The Kier molecular flexibility index (Phi) is 2.93. The maximum Gasteiger partial charge on any atom is 0.0451 e. The molecular weight excluding hydrogens is 196 g/mol. The Hall–Kier alpha value is -0.303. The second-order valence-corrected chi connectivity index (χ2v) is 12.0. The lowest BCUT2D eigenvalue weighted by Crippen LogP contribution is -2.23. The fraction of sp³-hybridized carbons (Fsp3) is 0.714. The van der Waals surface area contributed by atoms with Gasteiger partial charge in [-0.1, -0.05) is 36.9 Å². The first kappa shape index (κ1) is 11.2. The Morgan fingerprint density at radius 3 is 2.53 bits per heavy atom. The Morgan fingerprint density at radius 1 is 1.20 bits per heavy atom. The fourth-order valence-corrected chi connectivity index (χ4v) is 4.82. The molecule has 1 unspecified atom stereocenters. The summed E-state index contributed by atoms with van der Waals surface area (Å²) in [6.07, 6.45) is 8.16. The molecule has 0 nitrogen and oxygen atoms in total. The van der Waals surface area contributed by atoms with E-state index < -0.39 is 8.07 Å². The number of hydrogen-bond donors (Lipinski definition) is 0. The van der Waals surface area contributed by atoms with Crippen molar-refractivity contribution in [1.29, 1.82) is 0 Å². The van der Waals surface area contributed by atoms with Crippen molar-refractivity contribution in [2.45, 2.75) is 58.3 Å². The van der Waals surface area contributed by atoms with Gasteiger partial charge in [0.15, 0.2) is 0 Å². The van der Waals surface area contributed by atoms with E-state index in [9.17, 15) is 0 Å². The molecule has 2 rings (SSSR count). The van der Waals surface area contributed by atoms with Gasteiger partial charge in [0.2, 0.25) is 0 Å². The van der Waals surface area contributed by atoms with Crippen LogP contribution in [-0.2, 0) is 0 Å². The van der Waals surface area contributed by atoms with Gasteiger partial charge in [-0.2, -0.15) is 0 Å². The van der Waals surface area contributed by atoms with E-state index >= 15 is 0 Å². The molecule has 0 aromatic heterocycles. The lowest BCUT2D eigenvalue weighted by atomic mass is 9.88. The van der Waals surface area contributed by atoms with Crippen LogP contribution in [0.1, 0.15) is 32.6 Å². The molecule has 0 aromatic rings.